The summed E-state index contributed by atoms with van der Waals surface area (Å²) in [6.45, 7) is 19.1. The topological polar surface area (TPSA) is 6.48 Å². The van der Waals surface area contributed by atoms with Gasteiger partial charge in [-0.1, -0.05) is 55.4 Å². The monoisotopic (exact) mass is 316 g/mol. The van der Waals surface area contributed by atoms with Crippen molar-refractivity contribution in [3.63, 3.8) is 0 Å². The third-order valence-corrected chi connectivity index (χ3v) is 12.7. The van der Waals surface area contributed by atoms with Crippen molar-refractivity contribution in [2.75, 3.05) is 0 Å². The van der Waals surface area contributed by atoms with E-state index >= 15 is 0 Å². The van der Waals surface area contributed by atoms with Crippen molar-refractivity contribution in [2.24, 2.45) is 0 Å². The lowest BCUT2D eigenvalue weighted by atomic mass is 10.2. The smallest absolute Gasteiger partial charge is 0.0975 e. The van der Waals surface area contributed by atoms with Gasteiger partial charge in [0.05, 0.1) is 18.4 Å². The number of rotatable bonds is 11. The summed E-state index contributed by atoms with van der Waals surface area (Å²) < 4.78 is 5.81. The first kappa shape index (κ1) is 20.4. The molecule has 0 bridgehead atoms. The van der Waals surface area contributed by atoms with E-state index in [2.05, 4.69) is 64.5 Å². The second-order valence-corrected chi connectivity index (χ2v) is 11.5. The van der Waals surface area contributed by atoms with E-state index in [0.717, 1.165) is 24.2 Å². The maximum Gasteiger partial charge on any atom is 0.0975 e. The molecule has 0 aromatic heterocycles. The summed E-state index contributed by atoms with van der Waals surface area (Å²) in [5.41, 5.74) is 0. The second-order valence-electron chi connectivity index (χ2n) is 6.50. The van der Waals surface area contributed by atoms with Crippen LogP contribution in [0, 0.1) is 0 Å². The van der Waals surface area contributed by atoms with E-state index < -0.39 is 0 Å². The Morgan fingerprint density at radius 2 is 0.750 bits per heavy atom. The maximum absolute atomic E-state index is 2.91. The summed E-state index contributed by atoms with van der Waals surface area (Å²) in [4.78, 5) is 0. The van der Waals surface area contributed by atoms with Crippen LogP contribution in [0.25, 0.3) is 0 Å². The molecule has 0 aliphatic heterocycles. The highest BCUT2D eigenvalue weighted by Gasteiger charge is 2.22. The Morgan fingerprint density at radius 1 is 0.550 bits per heavy atom. The van der Waals surface area contributed by atoms with Crippen molar-refractivity contribution >= 4 is 18.4 Å². The van der Waals surface area contributed by atoms with Gasteiger partial charge in [-0.3, -0.25) is 0 Å². The van der Waals surface area contributed by atoms with Crippen molar-refractivity contribution in [1.29, 1.82) is 0 Å². The van der Waals surface area contributed by atoms with Gasteiger partial charge >= 0.3 is 0 Å². The molecule has 0 radical (unpaired) electrons. The average molecular weight is 317 g/mol. The Bertz CT molecular complexity index is 195. The maximum atomic E-state index is 2.91. The first-order valence-corrected chi connectivity index (χ1v) is 14.2. The highest BCUT2D eigenvalue weighted by molar-refractivity contribution is 6.97. The van der Waals surface area contributed by atoms with Gasteiger partial charge < -0.3 is 9.13 Å². The zero-order valence-corrected chi connectivity index (χ0v) is 18.3. The van der Waals surface area contributed by atoms with Crippen LogP contribution in [-0.2, 0) is 0 Å². The molecule has 0 aromatic carbocycles. The average Bonchev–Trinajstić information content (AvgIpc) is 2.48. The van der Waals surface area contributed by atoms with Crippen LogP contribution >= 0.6 is 0 Å². The molecule has 2 nitrogen and oxygen atoms in total. The second kappa shape index (κ2) is 11.0. The molecule has 0 N–H and O–H groups in total. The molecule has 0 spiro atoms. The molecular weight excluding hydrogens is 276 g/mol. The van der Waals surface area contributed by atoms with Crippen LogP contribution in [0.15, 0.2) is 0 Å². The molecule has 0 saturated heterocycles. The molecule has 4 unspecified atom stereocenters. The number of hydrogen-bond acceptors (Lipinski definition) is 2. The van der Waals surface area contributed by atoms with Gasteiger partial charge in [-0.05, 0) is 49.9 Å². The standard InChI is InChI=1S/C16H40N2Si2/c1-9-13(5)17(14(6)10-2)19-20-18(15(7)11-3)16(8)12-4/h13-16H,9-12,19-20H2,1-8H3. The van der Waals surface area contributed by atoms with Gasteiger partial charge in [-0.25, -0.2) is 0 Å². The summed E-state index contributed by atoms with van der Waals surface area (Å²) >= 11 is 0. The third-order valence-electron chi connectivity index (χ3n) is 5.24. The Morgan fingerprint density at radius 3 is 0.900 bits per heavy atom. The van der Waals surface area contributed by atoms with Gasteiger partial charge in [-0.15, -0.1) is 0 Å². The molecule has 0 saturated carbocycles. The van der Waals surface area contributed by atoms with E-state index in [1.165, 1.54) is 25.7 Å². The lowest BCUT2D eigenvalue weighted by Crippen LogP contribution is -2.52. The minimum absolute atomic E-state index is 0.0451. The molecule has 0 rings (SSSR count). The Labute approximate surface area is 133 Å². The summed E-state index contributed by atoms with van der Waals surface area (Å²) in [6.07, 6.45) is 5.22. The molecule has 122 valence electrons. The largest absolute Gasteiger partial charge is 0.326 e. The van der Waals surface area contributed by atoms with Crippen LogP contribution in [0.1, 0.15) is 81.1 Å². The zero-order chi connectivity index (χ0) is 15.7. The van der Waals surface area contributed by atoms with Crippen LogP contribution in [0.4, 0.5) is 0 Å². The highest BCUT2D eigenvalue weighted by Crippen LogP contribution is 2.13. The lowest BCUT2D eigenvalue weighted by Gasteiger charge is -2.39. The summed E-state index contributed by atoms with van der Waals surface area (Å²) in [7, 11) is -0.0902. The predicted octanol–water partition coefficient (Wildman–Crippen LogP) is 2.87. The van der Waals surface area contributed by atoms with E-state index in [0.29, 0.717) is 0 Å². The molecule has 0 fully saturated rings. The van der Waals surface area contributed by atoms with E-state index in [9.17, 15) is 0 Å². The SMILES string of the molecule is CCC(C)N([SiH2][SiH2]N(C(C)CC)C(C)CC)C(C)CC. The molecule has 20 heavy (non-hydrogen) atoms. The molecular formula is C16H40N2Si2. The minimum Gasteiger partial charge on any atom is -0.326 e. The van der Waals surface area contributed by atoms with Crippen LogP contribution in [-0.4, -0.2) is 51.7 Å². The summed E-state index contributed by atoms with van der Waals surface area (Å²) in [6, 6.07) is 3.17. The fourth-order valence-corrected chi connectivity index (χ4v) is 12.9. The van der Waals surface area contributed by atoms with E-state index in [1.54, 1.807) is 0 Å². The van der Waals surface area contributed by atoms with Crippen molar-refractivity contribution in [3.8, 4) is 0 Å². The summed E-state index contributed by atoms with van der Waals surface area (Å²) in [5.74, 6) is 0. The molecule has 0 aliphatic carbocycles. The van der Waals surface area contributed by atoms with Gasteiger partial charge in [-0.2, -0.15) is 0 Å². The quantitative estimate of drug-likeness (QED) is 0.541. The number of nitrogens with zero attached hydrogens (tertiary/aromatic N) is 2. The Balaban J connectivity index is 4.68. The lowest BCUT2D eigenvalue weighted by molar-refractivity contribution is 0.259. The van der Waals surface area contributed by atoms with Crippen molar-refractivity contribution in [1.82, 2.24) is 9.13 Å². The Hall–Kier alpha value is 0.354. The fourth-order valence-electron chi connectivity index (χ4n) is 2.92. The van der Waals surface area contributed by atoms with Gasteiger partial charge in [0.2, 0.25) is 0 Å². The van der Waals surface area contributed by atoms with Crippen molar-refractivity contribution in [2.45, 2.75) is 105 Å². The van der Waals surface area contributed by atoms with Crippen molar-refractivity contribution in [3.05, 3.63) is 0 Å². The fraction of sp³-hybridized carbons (Fsp3) is 1.00. The van der Waals surface area contributed by atoms with Gasteiger partial charge in [0.15, 0.2) is 0 Å². The van der Waals surface area contributed by atoms with Crippen LogP contribution in [0.3, 0.4) is 0 Å². The van der Waals surface area contributed by atoms with Crippen LogP contribution in [0.2, 0.25) is 0 Å². The molecule has 0 amide bonds. The van der Waals surface area contributed by atoms with Crippen molar-refractivity contribution < 1.29 is 0 Å². The minimum atomic E-state index is -0.0451. The molecule has 0 aromatic rings. The predicted molar refractivity (Wildman–Crippen MR) is 99.8 cm³/mol. The molecule has 0 heterocycles. The number of hydrogen-bond donors (Lipinski definition) is 0. The van der Waals surface area contributed by atoms with Gasteiger partial charge in [0.25, 0.3) is 0 Å². The van der Waals surface area contributed by atoms with E-state index in [4.69, 9.17) is 0 Å². The van der Waals surface area contributed by atoms with Crippen LogP contribution < -0.4 is 0 Å². The van der Waals surface area contributed by atoms with E-state index in [1.807, 2.05) is 0 Å². The van der Waals surface area contributed by atoms with Gasteiger partial charge in [0.1, 0.15) is 0 Å². The first-order valence-electron chi connectivity index (χ1n) is 8.94. The molecule has 4 atom stereocenters. The summed E-state index contributed by atoms with van der Waals surface area (Å²) in [5, 5.41) is 0. The third kappa shape index (κ3) is 6.41. The van der Waals surface area contributed by atoms with E-state index in [-0.39, 0.29) is 18.4 Å². The first-order chi connectivity index (χ1) is 9.42. The highest BCUT2D eigenvalue weighted by atomic mass is 29.2. The van der Waals surface area contributed by atoms with Gasteiger partial charge in [0, 0.05) is 0 Å². The zero-order valence-electron chi connectivity index (χ0n) is 15.4. The molecule has 4 heteroatoms. The van der Waals surface area contributed by atoms with Crippen LogP contribution in [0.5, 0.6) is 0 Å². The molecule has 0 aliphatic rings. The normalized spacial score (nSPS) is 19.5. The Kier molecular flexibility index (Phi) is 11.2.